The maximum atomic E-state index is 5.74. The molecule has 0 bridgehead atoms. The van der Waals surface area contributed by atoms with Crippen molar-refractivity contribution in [2.45, 2.75) is 58.4 Å². The van der Waals surface area contributed by atoms with Crippen LogP contribution in [-0.4, -0.2) is 10.1 Å². The van der Waals surface area contributed by atoms with Crippen molar-refractivity contribution in [2.75, 3.05) is 0 Å². The van der Waals surface area contributed by atoms with Crippen LogP contribution in [0.4, 0.5) is 0 Å². The second-order valence-electron chi connectivity index (χ2n) is 5.57. The van der Waals surface area contributed by atoms with Gasteiger partial charge in [-0.05, 0) is 25.2 Å². The lowest BCUT2D eigenvalue weighted by Crippen LogP contribution is -2.26. The summed E-state index contributed by atoms with van der Waals surface area (Å²) in [4.78, 5) is 4.43. The van der Waals surface area contributed by atoms with Crippen LogP contribution in [0.25, 0.3) is 0 Å². The lowest BCUT2D eigenvalue weighted by Gasteiger charge is -2.36. The minimum atomic E-state index is -0.149. The second kappa shape index (κ2) is 4.17. The Morgan fingerprint density at radius 1 is 1.44 bits per heavy atom. The van der Waals surface area contributed by atoms with Crippen LogP contribution in [-0.2, 0) is 0 Å². The summed E-state index contributed by atoms with van der Waals surface area (Å²) in [5, 5.41) is 3.95. The van der Waals surface area contributed by atoms with Gasteiger partial charge in [-0.1, -0.05) is 31.8 Å². The molecule has 1 aromatic rings. The number of nitrogens with zero attached hydrogens (tertiary/aromatic N) is 2. The van der Waals surface area contributed by atoms with E-state index in [-0.39, 0.29) is 11.5 Å². The van der Waals surface area contributed by atoms with Crippen molar-refractivity contribution in [1.29, 1.82) is 0 Å². The average molecular weight is 223 g/mol. The number of nitrogens with two attached hydrogens (primary N) is 1. The molecule has 1 aliphatic carbocycles. The van der Waals surface area contributed by atoms with Gasteiger partial charge in [-0.2, -0.15) is 4.98 Å². The first-order valence-corrected chi connectivity index (χ1v) is 6.10. The first kappa shape index (κ1) is 11.6. The predicted molar refractivity (Wildman–Crippen MR) is 61.9 cm³/mol. The maximum Gasteiger partial charge on any atom is 0.230 e. The molecule has 1 saturated carbocycles. The molecule has 16 heavy (non-hydrogen) atoms. The highest BCUT2D eigenvalue weighted by Crippen LogP contribution is 2.46. The second-order valence-corrected chi connectivity index (χ2v) is 5.57. The largest absolute Gasteiger partial charge is 0.339 e. The van der Waals surface area contributed by atoms with Gasteiger partial charge in [0.05, 0.1) is 6.04 Å². The van der Waals surface area contributed by atoms with E-state index >= 15 is 0 Å². The number of aromatic nitrogens is 2. The van der Waals surface area contributed by atoms with Crippen LogP contribution in [0.5, 0.6) is 0 Å². The Morgan fingerprint density at radius 2 is 2.19 bits per heavy atom. The quantitative estimate of drug-likeness (QED) is 0.837. The van der Waals surface area contributed by atoms with Gasteiger partial charge in [0.1, 0.15) is 0 Å². The molecule has 1 fully saturated rings. The van der Waals surface area contributed by atoms with Crippen molar-refractivity contribution >= 4 is 0 Å². The molecule has 0 aromatic carbocycles. The highest BCUT2D eigenvalue weighted by Gasteiger charge is 2.37. The van der Waals surface area contributed by atoms with Crippen molar-refractivity contribution in [3.8, 4) is 0 Å². The Labute approximate surface area is 96.6 Å². The number of hydrogen-bond acceptors (Lipinski definition) is 4. The summed E-state index contributed by atoms with van der Waals surface area (Å²) in [5.74, 6) is 1.79. The molecule has 1 heterocycles. The Balaban J connectivity index is 2.21. The highest BCUT2D eigenvalue weighted by molar-refractivity contribution is 5.03. The average Bonchev–Trinajstić information content (AvgIpc) is 2.65. The Bertz CT molecular complexity index is 357. The van der Waals surface area contributed by atoms with Gasteiger partial charge in [-0.15, -0.1) is 0 Å². The van der Waals surface area contributed by atoms with Crippen LogP contribution >= 0.6 is 0 Å². The third-order valence-electron chi connectivity index (χ3n) is 3.67. The summed E-state index contributed by atoms with van der Waals surface area (Å²) in [7, 11) is 0. The van der Waals surface area contributed by atoms with Crippen molar-refractivity contribution < 1.29 is 4.52 Å². The highest BCUT2D eigenvalue weighted by atomic mass is 16.5. The SMILES string of the molecule is CC(N)c1noc(C2CCCCC2(C)C)n1. The fourth-order valence-corrected chi connectivity index (χ4v) is 2.53. The molecule has 90 valence electrons. The van der Waals surface area contributed by atoms with E-state index in [1.165, 1.54) is 19.3 Å². The fraction of sp³-hybridized carbons (Fsp3) is 0.833. The zero-order valence-corrected chi connectivity index (χ0v) is 10.4. The molecule has 2 N–H and O–H groups in total. The van der Waals surface area contributed by atoms with E-state index in [4.69, 9.17) is 10.3 Å². The Hall–Kier alpha value is -0.900. The van der Waals surface area contributed by atoms with Gasteiger partial charge >= 0.3 is 0 Å². The van der Waals surface area contributed by atoms with Gasteiger partial charge in [0.2, 0.25) is 5.89 Å². The molecule has 0 radical (unpaired) electrons. The molecule has 0 saturated heterocycles. The molecule has 4 heteroatoms. The number of hydrogen-bond donors (Lipinski definition) is 1. The normalized spacial score (nSPS) is 26.6. The molecule has 2 rings (SSSR count). The third kappa shape index (κ3) is 2.12. The minimum Gasteiger partial charge on any atom is -0.339 e. The van der Waals surface area contributed by atoms with Crippen molar-refractivity contribution in [2.24, 2.45) is 11.1 Å². The standard InChI is InChI=1S/C12H21N3O/c1-8(13)10-14-11(16-15-10)9-6-4-5-7-12(9,2)3/h8-9H,4-7,13H2,1-3H3. The van der Waals surface area contributed by atoms with Crippen LogP contribution in [0, 0.1) is 5.41 Å². The topological polar surface area (TPSA) is 64.9 Å². The molecule has 2 unspecified atom stereocenters. The van der Waals surface area contributed by atoms with Crippen LogP contribution in [0.3, 0.4) is 0 Å². The smallest absolute Gasteiger partial charge is 0.230 e. The Morgan fingerprint density at radius 3 is 2.75 bits per heavy atom. The van der Waals surface area contributed by atoms with Crippen molar-refractivity contribution in [3.63, 3.8) is 0 Å². The third-order valence-corrected chi connectivity index (χ3v) is 3.67. The monoisotopic (exact) mass is 223 g/mol. The summed E-state index contributed by atoms with van der Waals surface area (Å²) in [6.07, 6.45) is 4.93. The Kier molecular flexibility index (Phi) is 3.02. The van der Waals surface area contributed by atoms with Gasteiger partial charge in [0, 0.05) is 5.92 Å². The maximum absolute atomic E-state index is 5.74. The minimum absolute atomic E-state index is 0.149. The first-order valence-electron chi connectivity index (χ1n) is 6.10. The summed E-state index contributed by atoms with van der Waals surface area (Å²) in [5.41, 5.74) is 6.00. The predicted octanol–water partition coefficient (Wildman–Crippen LogP) is 2.77. The van der Waals surface area contributed by atoms with E-state index < -0.39 is 0 Å². The number of rotatable bonds is 2. The van der Waals surface area contributed by atoms with Gasteiger partial charge in [0.25, 0.3) is 0 Å². The van der Waals surface area contributed by atoms with Crippen molar-refractivity contribution in [1.82, 2.24) is 10.1 Å². The summed E-state index contributed by atoms with van der Waals surface area (Å²) >= 11 is 0. The van der Waals surface area contributed by atoms with E-state index in [9.17, 15) is 0 Å². The van der Waals surface area contributed by atoms with E-state index in [1.54, 1.807) is 0 Å². The van der Waals surface area contributed by atoms with Crippen LogP contribution in [0.15, 0.2) is 4.52 Å². The molecule has 0 spiro atoms. The van der Waals surface area contributed by atoms with Gasteiger partial charge in [-0.25, -0.2) is 0 Å². The molecular formula is C12H21N3O. The lowest BCUT2D eigenvalue weighted by molar-refractivity contribution is 0.164. The molecule has 0 amide bonds. The van der Waals surface area contributed by atoms with Gasteiger partial charge in [-0.3, -0.25) is 0 Å². The zero-order valence-electron chi connectivity index (χ0n) is 10.4. The van der Waals surface area contributed by atoms with Crippen LogP contribution in [0.1, 0.15) is 70.1 Å². The van der Waals surface area contributed by atoms with Crippen LogP contribution < -0.4 is 5.73 Å². The fourth-order valence-electron chi connectivity index (χ4n) is 2.53. The first-order chi connectivity index (χ1) is 7.50. The van der Waals surface area contributed by atoms with Crippen molar-refractivity contribution in [3.05, 3.63) is 11.7 Å². The molecule has 1 aliphatic rings. The molecule has 2 atom stereocenters. The molecule has 1 aromatic heterocycles. The molecular weight excluding hydrogens is 202 g/mol. The molecule has 4 nitrogen and oxygen atoms in total. The zero-order chi connectivity index (χ0) is 11.8. The molecule has 0 aliphatic heterocycles. The summed E-state index contributed by atoms with van der Waals surface area (Å²) in [6.45, 7) is 6.44. The summed E-state index contributed by atoms with van der Waals surface area (Å²) < 4.78 is 5.36. The van der Waals surface area contributed by atoms with E-state index in [0.29, 0.717) is 11.7 Å². The van der Waals surface area contributed by atoms with E-state index in [2.05, 4.69) is 24.0 Å². The summed E-state index contributed by atoms with van der Waals surface area (Å²) in [6, 6.07) is -0.149. The van der Waals surface area contributed by atoms with E-state index in [0.717, 1.165) is 12.3 Å². The van der Waals surface area contributed by atoms with Crippen LogP contribution in [0.2, 0.25) is 0 Å². The van der Waals surface area contributed by atoms with Gasteiger partial charge in [0.15, 0.2) is 5.82 Å². The van der Waals surface area contributed by atoms with Gasteiger partial charge < -0.3 is 10.3 Å². The lowest BCUT2D eigenvalue weighted by atomic mass is 9.69. The van der Waals surface area contributed by atoms with E-state index in [1.807, 2.05) is 6.92 Å².